The molecule has 0 aliphatic rings. The van der Waals surface area contributed by atoms with Gasteiger partial charge in [-0.3, -0.25) is 14.8 Å². The fourth-order valence-electron chi connectivity index (χ4n) is 2.19. The Labute approximate surface area is 132 Å². The molecule has 0 spiro atoms. The number of aromatic nitrogens is 3. The van der Waals surface area contributed by atoms with Crippen LogP contribution in [0.4, 0.5) is 5.13 Å². The van der Waals surface area contributed by atoms with Gasteiger partial charge >= 0.3 is 0 Å². The summed E-state index contributed by atoms with van der Waals surface area (Å²) in [5.41, 5.74) is 3.41. The van der Waals surface area contributed by atoms with Crippen molar-refractivity contribution in [1.29, 1.82) is 0 Å². The van der Waals surface area contributed by atoms with Crippen molar-refractivity contribution in [3.8, 4) is 10.4 Å². The number of anilines is 1. The minimum atomic E-state index is -0.182. The van der Waals surface area contributed by atoms with Gasteiger partial charge in [0.25, 0.3) is 5.91 Å². The lowest BCUT2D eigenvalue weighted by molar-refractivity contribution is 0.102. The van der Waals surface area contributed by atoms with Crippen LogP contribution < -0.4 is 5.32 Å². The van der Waals surface area contributed by atoms with Crippen LogP contribution in [0.25, 0.3) is 10.4 Å². The van der Waals surface area contributed by atoms with Crippen molar-refractivity contribution in [2.75, 3.05) is 5.32 Å². The molecule has 0 saturated heterocycles. The Bertz CT molecular complexity index is 820. The summed E-state index contributed by atoms with van der Waals surface area (Å²) in [5, 5.41) is 7.55. The first-order valence-electron chi connectivity index (χ1n) is 6.89. The van der Waals surface area contributed by atoms with Gasteiger partial charge in [-0.2, -0.15) is 5.10 Å². The van der Waals surface area contributed by atoms with Crippen molar-refractivity contribution < 1.29 is 4.79 Å². The number of aryl methyl sites for hydroxylation is 2. The first-order valence-corrected chi connectivity index (χ1v) is 7.70. The first kappa shape index (κ1) is 14.5. The molecule has 0 fully saturated rings. The zero-order valence-electron chi connectivity index (χ0n) is 12.6. The average molecular weight is 312 g/mol. The largest absolute Gasteiger partial charge is 0.298 e. The zero-order chi connectivity index (χ0) is 15.7. The fraction of sp³-hybridized carbons (Fsp3) is 0.188. The predicted molar refractivity (Wildman–Crippen MR) is 88.2 cm³/mol. The summed E-state index contributed by atoms with van der Waals surface area (Å²) < 4.78 is 1.68. The molecule has 0 aliphatic carbocycles. The van der Waals surface area contributed by atoms with Crippen molar-refractivity contribution >= 4 is 22.4 Å². The number of benzene rings is 1. The smallest absolute Gasteiger partial charge is 0.260 e. The van der Waals surface area contributed by atoms with Gasteiger partial charge in [0, 0.05) is 12.7 Å². The van der Waals surface area contributed by atoms with E-state index in [4.69, 9.17) is 0 Å². The van der Waals surface area contributed by atoms with Crippen molar-refractivity contribution in [1.82, 2.24) is 14.8 Å². The van der Waals surface area contributed by atoms with Crippen LogP contribution in [0.5, 0.6) is 0 Å². The van der Waals surface area contributed by atoms with Crippen molar-refractivity contribution in [3.63, 3.8) is 0 Å². The zero-order valence-corrected chi connectivity index (χ0v) is 13.4. The molecule has 1 N–H and O–H groups in total. The Morgan fingerprint density at radius 1 is 1.23 bits per heavy atom. The van der Waals surface area contributed by atoms with Gasteiger partial charge in [0.1, 0.15) is 0 Å². The van der Waals surface area contributed by atoms with Crippen LogP contribution in [0.2, 0.25) is 0 Å². The van der Waals surface area contributed by atoms with E-state index in [0.717, 1.165) is 21.8 Å². The lowest BCUT2D eigenvalue weighted by atomic mass is 10.2. The van der Waals surface area contributed by atoms with E-state index in [1.165, 1.54) is 11.3 Å². The van der Waals surface area contributed by atoms with Gasteiger partial charge in [0.2, 0.25) is 0 Å². The number of carbonyl (C=O) groups is 1. The molecule has 0 aliphatic heterocycles. The lowest BCUT2D eigenvalue weighted by Gasteiger charge is -2.00. The number of hydrogen-bond donors (Lipinski definition) is 1. The molecule has 112 valence electrons. The number of hydrogen-bond acceptors (Lipinski definition) is 4. The van der Waals surface area contributed by atoms with Gasteiger partial charge in [-0.05, 0) is 19.4 Å². The molecule has 1 amide bonds. The minimum Gasteiger partial charge on any atom is -0.298 e. The Balaban J connectivity index is 1.85. The van der Waals surface area contributed by atoms with E-state index in [1.54, 1.807) is 10.9 Å². The van der Waals surface area contributed by atoms with E-state index in [2.05, 4.69) is 15.4 Å². The van der Waals surface area contributed by atoms with Crippen molar-refractivity contribution in [3.05, 3.63) is 53.5 Å². The molecule has 1 aromatic carbocycles. The number of nitrogens with zero attached hydrogens (tertiary/aromatic N) is 3. The minimum absolute atomic E-state index is 0.182. The molecule has 2 aromatic heterocycles. The van der Waals surface area contributed by atoms with Crippen LogP contribution in [-0.4, -0.2) is 20.7 Å². The third kappa shape index (κ3) is 2.65. The van der Waals surface area contributed by atoms with Crippen molar-refractivity contribution in [2.45, 2.75) is 13.8 Å². The van der Waals surface area contributed by atoms with E-state index in [1.807, 2.05) is 51.2 Å². The summed E-state index contributed by atoms with van der Waals surface area (Å²) in [6.07, 6.45) is 1.57. The summed E-state index contributed by atoms with van der Waals surface area (Å²) >= 11 is 1.48. The Kier molecular flexibility index (Phi) is 3.77. The summed E-state index contributed by atoms with van der Waals surface area (Å²) in [7, 11) is 1.81. The second kappa shape index (κ2) is 5.73. The van der Waals surface area contributed by atoms with Gasteiger partial charge in [0.05, 0.1) is 22.3 Å². The molecule has 0 atom stereocenters. The van der Waals surface area contributed by atoms with Gasteiger partial charge < -0.3 is 0 Å². The molecule has 3 aromatic rings. The molecule has 0 unspecified atom stereocenters. The Morgan fingerprint density at radius 2 is 1.95 bits per heavy atom. The van der Waals surface area contributed by atoms with Crippen LogP contribution >= 0.6 is 11.3 Å². The molecule has 3 rings (SSSR count). The van der Waals surface area contributed by atoms with Gasteiger partial charge in [0.15, 0.2) is 5.13 Å². The molecule has 22 heavy (non-hydrogen) atoms. The predicted octanol–water partition coefficient (Wildman–Crippen LogP) is 3.41. The number of rotatable bonds is 3. The monoisotopic (exact) mass is 312 g/mol. The highest BCUT2D eigenvalue weighted by Gasteiger charge is 2.16. The summed E-state index contributed by atoms with van der Waals surface area (Å²) in [6.45, 7) is 3.81. The highest BCUT2D eigenvalue weighted by atomic mass is 32.1. The van der Waals surface area contributed by atoms with Gasteiger partial charge in [-0.25, -0.2) is 4.98 Å². The summed E-state index contributed by atoms with van der Waals surface area (Å²) in [5.74, 6) is -0.182. The Morgan fingerprint density at radius 3 is 2.59 bits per heavy atom. The van der Waals surface area contributed by atoms with Crippen LogP contribution in [0.3, 0.4) is 0 Å². The molecular weight excluding hydrogens is 296 g/mol. The number of nitrogens with one attached hydrogen (secondary N) is 1. The number of thiazole rings is 1. The van der Waals surface area contributed by atoms with Gasteiger partial charge in [-0.1, -0.05) is 41.7 Å². The number of carbonyl (C=O) groups excluding carboxylic acids is 1. The maximum absolute atomic E-state index is 12.3. The van der Waals surface area contributed by atoms with Crippen LogP contribution in [0.15, 0.2) is 36.5 Å². The van der Waals surface area contributed by atoms with Gasteiger partial charge in [-0.15, -0.1) is 0 Å². The first-order chi connectivity index (χ1) is 10.6. The van der Waals surface area contributed by atoms with E-state index < -0.39 is 0 Å². The Hall–Kier alpha value is -2.47. The fourth-order valence-corrected chi connectivity index (χ4v) is 3.16. The highest BCUT2D eigenvalue weighted by Crippen LogP contribution is 2.32. The molecule has 0 saturated carbocycles. The standard InChI is InChI=1S/C16H16N4OS/c1-10-14(12-7-5-4-6-8-12)22-16(18-10)19-15(21)13-9-17-20(3)11(13)2/h4-9H,1-3H3,(H,18,19,21). The maximum Gasteiger partial charge on any atom is 0.260 e. The second-order valence-electron chi connectivity index (χ2n) is 5.02. The number of amides is 1. The molecular formula is C16H16N4OS. The normalized spacial score (nSPS) is 10.7. The molecule has 5 nitrogen and oxygen atoms in total. The van der Waals surface area contributed by atoms with Crippen LogP contribution in [0.1, 0.15) is 21.7 Å². The molecule has 0 radical (unpaired) electrons. The van der Waals surface area contributed by atoms with E-state index in [-0.39, 0.29) is 5.91 Å². The molecule has 6 heteroatoms. The lowest BCUT2D eigenvalue weighted by Crippen LogP contribution is -2.12. The average Bonchev–Trinajstić information content (AvgIpc) is 3.03. The quantitative estimate of drug-likeness (QED) is 0.806. The molecule has 2 heterocycles. The van der Waals surface area contributed by atoms with E-state index in [0.29, 0.717) is 10.7 Å². The third-order valence-corrected chi connectivity index (χ3v) is 4.65. The molecule has 0 bridgehead atoms. The second-order valence-corrected chi connectivity index (χ2v) is 6.02. The van der Waals surface area contributed by atoms with E-state index in [9.17, 15) is 4.79 Å². The highest BCUT2D eigenvalue weighted by molar-refractivity contribution is 7.19. The topological polar surface area (TPSA) is 59.8 Å². The van der Waals surface area contributed by atoms with Crippen LogP contribution in [-0.2, 0) is 7.05 Å². The van der Waals surface area contributed by atoms with Crippen LogP contribution in [0, 0.1) is 13.8 Å². The maximum atomic E-state index is 12.3. The summed E-state index contributed by atoms with van der Waals surface area (Å²) in [4.78, 5) is 17.8. The third-order valence-electron chi connectivity index (χ3n) is 3.53. The van der Waals surface area contributed by atoms with Crippen molar-refractivity contribution in [2.24, 2.45) is 7.05 Å². The summed E-state index contributed by atoms with van der Waals surface area (Å²) in [6, 6.07) is 10.0. The van der Waals surface area contributed by atoms with E-state index >= 15 is 0 Å². The SMILES string of the molecule is Cc1nc(NC(=O)c2cnn(C)c2C)sc1-c1ccccc1.